The number of carbonyl (C=O) groups excluding carboxylic acids is 2. The molecule has 0 aromatic heterocycles. The largest absolute Gasteiger partial charge is 0.366 e. The van der Waals surface area contributed by atoms with Gasteiger partial charge in [-0.1, -0.05) is 41.4 Å². The lowest BCUT2D eigenvalue weighted by molar-refractivity contribution is -0.160. The van der Waals surface area contributed by atoms with Gasteiger partial charge in [0.1, 0.15) is 5.41 Å². The van der Waals surface area contributed by atoms with Crippen LogP contribution in [0.1, 0.15) is 48.8 Å². The van der Waals surface area contributed by atoms with Crippen molar-refractivity contribution in [3.63, 3.8) is 0 Å². The number of rotatable bonds is 4. The highest BCUT2D eigenvalue weighted by Gasteiger charge is 2.49. The van der Waals surface area contributed by atoms with Gasteiger partial charge in [0.25, 0.3) is 0 Å². The van der Waals surface area contributed by atoms with Crippen LogP contribution in [0.3, 0.4) is 0 Å². The molecule has 0 spiro atoms. The van der Waals surface area contributed by atoms with E-state index in [-0.39, 0.29) is 25.2 Å². The first-order valence-corrected chi connectivity index (χ1v) is 11.7. The van der Waals surface area contributed by atoms with Gasteiger partial charge < -0.3 is 10.6 Å². The maximum atomic E-state index is 13.1. The second-order valence-electron chi connectivity index (χ2n) is 9.43. The zero-order valence-corrected chi connectivity index (χ0v) is 19.7. The third-order valence-electron chi connectivity index (χ3n) is 7.05. The third kappa shape index (κ3) is 4.65. The Morgan fingerprint density at radius 2 is 1.94 bits per heavy atom. The number of halogens is 3. The summed E-state index contributed by atoms with van der Waals surface area (Å²) in [4.78, 5) is 26.0. The van der Waals surface area contributed by atoms with E-state index in [0.717, 1.165) is 22.3 Å². The minimum Gasteiger partial charge on any atom is -0.366 e. The molecule has 4 rings (SSSR count). The summed E-state index contributed by atoms with van der Waals surface area (Å²) in [6.07, 6.45) is 6.03. The summed E-state index contributed by atoms with van der Waals surface area (Å²) in [5.74, 6) is -4.03. The van der Waals surface area contributed by atoms with Crippen LogP contribution < -0.4 is 5.73 Å². The van der Waals surface area contributed by atoms with Crippen LogP contribution in [0, 0.1) is 24.2 Å². The van der Waals surface area contributed by atoms with Crippen molar-refractivity contribution >= 4 is 29.5 Å². The highest BCUT2D eigenvalue weighted by Crippen LogP contribution is 2.44. The smallest absolute Gasteiger partial charge is 0.249 e. The monoisotopic (exact) mass is 485 g/mol. The van der Waals surface area contributed by atoms with Gasteiger partial charge in [-0.25, -0.2) is 8.78 Å². The van der Waals surface area contributed by atoms with E-state index in [1.54, 1.807) is 11.0 Å². The van der Waals surface area contributed by atoms with Crippen LogP contribution in [0.25, 0.3) is 6.08 Å². The molecule has 34 heavy (non-hydrogen) atoms. The molecule has 1 aromatic carbocycles. The number of benzene rings is 1. The lowest BCUT2D eigenvalue weighted by atomic mass is 9.71. The molecule has 8 heteroatoms. The topological polar surface area (TPSA) is 87.2 Å². The van der Waals surface area contributed by atoms with Gasteiger partial charge in [0.05, 0.1) is 6.07 Å². The number of piperidine rings is 1. The number of nitrogens with two attached hydrogens (primary N) is 1. The zero-order chi connectivity index (χ0) is 24.7. The number of hydrogen-bond donors (Lipinski definition) is 1. The summed E-state index contributed by atoms with van der Waals surface area (Å²) in [6.45, 7) is 2.96. The minimum absolute atomic E-state index is 0.146. The Labute approximate surface area is 202 Å². The van der Waals surface area contributed by atoms with Gasteiger partial charge in [-0.2, -0.15) is 5.26 Å². The molecule has 3 aliphatic rings. The summed E-state index contributed by atoms with van der Waals surface area (Å²) in [7, 11) is 0. The quantitative estimate of drug-likeness (QED) is 0.667. The Morgan fingerprint density at radius 1 is 1.26 bits per heavy atom. The fourth-order valence-electron chi connectivity index (χ4n) is 5.07. The lowest BCUT2D eigenvalue weighted by Crippen LogP contribution is -2.48. The molecule has 1 unspecified atom stereocenters. The van der Waals surface area contributed by atoms with Crippen LogP contribution in [0.15, 0.2) is 46.5 Å². The molecule has 1 aromatic rings. The Balaban J connectivity index is 1.52. The maximum absolute atomic E-state index is 13.1. The Morgan fingerprint density at radius 3 is 2.53 bits per heavy atom. The molecule has 2 amide bonds. The Bertz CT molecular complexity index is 1160. The summed E-state index contributed by atoms with van der Waals surface area (Å²) < 4.78 is 26.2. The summed E-state index contributed by atoms with van der Waals surface area (Å²) in [5, 5.41) is 10.4. The molecule has 1 heterocycles. The molecule has 2 N–H and O–H groups in total. The van der Waals surface area contributed by atoms with Gasteiger partial charge in [-0.05, 0) is 48.6 Å². The molecule has 1 saturated carbocycles. The SMILES string of the molecule is Cc1c(C=C2CCN(C(=O)C3CC(F)(F)C3)CC2)cccc1C1(C#N)C=C(Cl)C=C(C(N)=O)C1. The molecular weight excluding hydrogens is 460 g/mol. The number of likely N-dealkylation sites (tertiary alicyclic amines) is 1. The van der Waals surface area contributed by atoms with Gasteiger partial charge in [0, 0.05) is 48.9 Å². The van der Waals surface area contributed by atoms with Crippen LogP contribution in [0.5, 0.6) is 0 Å². The van der Waals surface area contributed by atoms with Crippen molar-refractivity contribution in [2.45, 2.75) is 50.4 Å². The summed E-state index contributed by atoms with van der Waals surface area (Å²) >= 11 is 6.25. The first-order chi connectivity index (χ1) is 16.0. The van der Waals surface area contributed by atoms with E-state index in [1.807, 2.05) is 25.1 Å². The second kappa shape index (κ2) is 8.99. The average Bonchev–Trinajstić information content (AvgIpc) is 2.78. The minimum atomic E-state index is -2.70. The second-order valence-corrected chi connectivity index (χ2v) is 9.87. The van der Waals surface area contributed by atoms with E-state index in [4.69, 9.17) is 17.3 Å². The van der Waals surface area contributed by atoms with E-state index >= 15 is 0 Å². The number of carbonyl (C=O) groups is 2. The zero-order valence-electron chi connectivity index (χ0n) is 18.9. The van der Waals surface area contributed by atoms with Gasteiger partial charge in [-0.15, -0.1) is 0 Å². The number of hydrogen-bond acceptors (Lipinski definition) is 3. The maximum Gasteiger partial charge on any atom is 0.249 e. The van der Waals surface area contributed by atoms with Crippen molar-refractivity contribution in [2.24, 2.45) is 11.7 Å². The van der Waals surface area contributed by atoms with E-state index in [2.05, 4.69) is 12.1 Å². The van der Waals surface area contributed by atoms with Gasteiger partial charge in [0.2, 0.25) is 17.7 Å². The van der Waals surface area contributed by atoms with Crippen molar-refractivity contribution < 1.29 is 18.4 Å². The van der Waals surface area contributed by atoms with E-state index in [9.17, 15) is 23.6 Å². The number of alkyl halides is 2. The van der Waals surface area contributed by atoms with Gasteiger partial charge in [-0.3, -0.25) is 9.59 Å². The molecule has 0 bridgehead atoms. The normalized spacial score (nSPS) is 24.4. The molecule has 1 atom stereocenters. The molecule has 178 valence electrons. The Hall–Kier alpha value is -2.98. The van der Waals surface area contributed by atoms with Crippen molar-refractivity contribution in [1.29, 1.82) is 5.26 Å². The van der Waals surface area contributed by atoms with Gasteiger partial charge >= 0.3 is 0 Å². The standard InChI is InChI=1S/C26H26ClF2N3O2/c1-16-18(9-17-5-7-32(8-6-17)24(34)20-12-26(28,29)13-20)3-2-4-22(16)25(15-30)11-19(23(31)33)10-21(27)14-25/h2-4,9-10,14,20H,5-8,11-13H2,1H3,(H2,31,33). The van der Waals surface area contributed by atoms with Crippen molar-refractivity contribution in [3.05, 3.63) is 63.2 Å². The van der Waals surface area contributed by atoms with Crippen LogP contribution in [-0.2, 0) is 15.0 Å². The fraction of sp³-hybridized carbons (Fsp3) is 0.423. The van der Waals surface area contributed by atoms with Crippen LogP contribution >= 0.6 is 11.6 Å². The van der Waals surface area contributed by atoms with Crippen LogP contribution in [0.4, 0.5) is 8.78 Å². The van der Waals surface area contributed by atoms with Crippen molar-refractivity contribution in [2.75, 3.05) is 13.1 Å². The number of nitriles is 1. The first kappa shape index (κ1) is 24.2. The summed E-state index contributed by atoms with van der Waals surface area (Å²) in [6, 6.07) is 8.03. The number of amides is 2. The average molecular weight is 486 g/mol. The van der Waals surface area contributed by atoms with Crippen LogP contribution in [-0.4, -0.2) is 35.7 Å². The first-order valence-electron chi connectivity index (χ1n) is 11.3. The van der Waals surface area contributed by atoms with E-state index in [1.165, 1.54) is 6.08 Å². The van der Waals surface area contributed by atoms with E-state index < -0.39 is 23.2 Å². The molecule has 1 saturated heterocycles. The molecule has 5 nitrogen and oxygen atoms in total. The highest BCUT2D eigenvalue weighted by molar-refractivity contribution is 6.31. The molecule has 0 radical (unpaired) electrons. The molecular formula is C26H26ClF2N3O2. The predicted molar refractivity (Wildman–Crippen MR) is 126 cm³/mol. The van der Waals surface area contributed by atoms with E-state index in [0.29, 0.717) is 36.5 Å². The lowest BCUT2D eigenvalue weighted by Gasteiger charge is -2.38. The van der Waals surface area contributed by atoms with Gasteiger partial charge in [0.15, 0.2) is 0 Å². The number of primary amides is 1. The fourth-order valence-corrected chi connectivity index (χ4v) is 5.39. The number of allylic oxidation sites excluding steroid dienone is 3. The molecule has 2 aliphatic carbocycles. The van der Waals surface area contributed by atoms with Crippen molar-refractivity contribution in [3.8, 4) is 6.07 Å². The Kier molecular flexibility index (Phi) is 6.39. The van der Waals surface area contributed by atoms with Crippen LogP contribution in [0.2, 0.25) is 0 Å². The molecule has 1 aliphatic heterocycles. The molecule has 2 fully saturated rings. The summed E-state index contributed by atoms with van der Waals surface area (Å²) in [5.41, 5.74) is 8.44. The predicted octanol–water partition coefficient (Wildman–Crippen LogP) is 4.75. The third-order valence-corrected chi connectivity index (χ3v) is 7.27. The number of nitrogens with zero attached hydrogens (tertiary/aromatic N) is 2. The van der Waals surface area contributed by atoms with Crippen molar-refractivity contribution in [1.82, 2.24) is 4.90 Å². The highest BCUT2D eigenvalue weighted by atomic mass is 35.5.